The first-order valence-electron chi connectivity index (χ1n) is 3.55. The molecular formula is C6H15NO2S. The molecule has 3 nitrogen and oxygen atoms in total. The summed E-state index contributed by atoms with van der Waals surface area (Å²) in [7, 11) is 0. The Bertz CT molecular complexity index is 97.7. The van der Waals surface area contributed by atoms with Crippen LogP contribution >= 0.6 is 0 Å². The third kappa shape index (κ3) is 8.07. The topological polar surface area (TPSA) is 49.3 Å². The minimum atomic E-state index is -1.61. The summed E-state index contributed by atoms with van der Waals surface area (Å²) in [6.45, 7) is 3.94. The van der Waals surface area contributed by atoms with Crippen molar-refractivity contribution in [3.05, 3.63) is 0 Å². The molecule has 0 heterocycles. The van der Waals surface area contributed by atoms with Crippen LogP contribution in [0.2, 0.25) is 0 Å². The Morgan fingerprint density at radius 3 is 2.70 bits per heavy atom. The second kappa shape index (κ2) is 7.18. The van der Waals surface area contributed by atoms with E-state index in [1.165, 1.54) is 0 Å². The van der Waals surface area contributed by atoms with Crippen LogP contribution in [0.4, 0.5) is 0 Å². The molecule has 0 bridgehead atoms. The largest absolute Gasteiger partial charge is 0.317 e. The average Bonchev–Trinajstić information content (AvgIpc) is 1.87. The molecule has 62 valence electrons. The molecule has 0 aliphatic carbocycles. The molecule has 0 aromatic heterocycles. The van der Waals surface area contributed by atoms with Gasteiger partial charge >= 0.3 is 0 Å². The van der Waals surface area contributed by atoms with Gasteiger partial charge in [0.25, 0.3) is 0 Å². The fourth-order valence-electron chi connectivity index (χ4n) is 0.622. The van der Waals surface area contributed by atoms with Crippen LogP contribution in [-0.4, -0.2) is 27.6 Å². The zero-order valence-corrected chi connectivity index (χ0v) is 7.12. The number of rotatable bonds is 6. The Balaban J connectivity index is 2.84. The summed E-state index contributed by atoms with van der Waals surface area (Å²) < 4.78 is 18.5. The van der Waals surface area contributed by atoms with Gasteiger partial charge in [0, 0.05) is 0 Å². The van der Waals surface area contributed by atoms with E-state index < -0.39 is 11.1 Å². The van der Waals surface area contributed by atoms with Gasteiger partial charge in [-0.05, 0) is 25.9 Å². The van der Waals surface area contributed by atoms with E-state index in [4.69, 9.17) is 4.55 Å². The highest BCUT2D eigenvalue weighted by molar-refractivity contribution is 7.79. The molecule has 1 unspecified atom stereocenters. The van der Waals surface area contributed by atoms with Crippen molar-refractivity contribution in [3.8, 4) is 0 Å². The first-order valence-corrected chi connectivity index (χ1v) is 4.83. The molecule has 10 heavy (non-hydrogen) atoms. The van der Waals surface area contributed by atoms with Gasteiger partial charge in [-0.1, -0.05) is 6.92 Å². The van der Waals surface area contributed by atoms with Crippen molar-refractivity contribution in [2.75, 3.05) is 18.8 Å². The van der Waals surface area contributed by atoms with Gasteiger partial charge in [-0.25, -0.2) is 4.21 Å². The highest BCUT2D eigenvalue weighted by atomic mass is 32.2. The van der Waals surface area contributed by atoms with Crippen LogP contribution in [0.1, 0.15) is 19.8 Å². The lowest BCUT2D eigenvalue weighted by atomic mass is 10.4. The normalized spacial score (nSPS) is 13.4. The van der Waals surface area contributed by atoms with Crippen molar-refractivity contribution in [3.63, 3.8) is 0 Å². The summed E-state index contributed by atoms with van der Waals surface area (Å²) in [4.78, 5) is 0. The second-order valence-electron chi connectivity index (χ2n) is 2.13. The van der Waals surface area contributed by atoms with Crippen molar-refractivity contribution < 1.29 is 8.76 Å². The molecule has 0 fully saturated rings. The molecule has 1 atom stereocenters. The Morgan fingerprint density at radius 1 is 1.50 bits per heavy atom. The van der Waals surface area contributed by atoms with E-state index in [0.717, 1.165) is 25.9 Å². The third-order valence-electron chi connectivity index (χ3n) is 1.10. The molecule has 2 N–H and O–H groups in total. The highest BCUT2D eigenvalue weighted by Gasteiger charge is 1.91. The van der Waals surface area contributed by atoms with Crippen LogP contribution in [0.25, 0.3) is 0 Å². The highest BCUT2D eigenvalue weighted by Crippen LogP contribution is 1.81. The van der Waals surface area contributed by atoms with Crippen molar-refractivity contribution in [1.82, 2.24) is 5.32 Å². The Labute approximate surface area is 64.5 Å². The molecule has 0 aliphatic heterocycles. The summed E-state index contributed by atoms with van der Waals surface area (Å²) in [5.74, 6) is 0.386. The van der Waals surface area contributed by atoms with Crippen LogP contribution in [0.15, 0.2) is 0 Å². The average molecular weight is 165 g/mol. The Kier molecular flexibility index (Phi) is 7.23. The smallest absolute Gasteiger partial charge is 0.152 e. The van der Waals surface area contributed by atoms with Crippen molar-refractivity contribution in [2.45, 2.75) is 19.8 Å². The summed E-state index contributed by atoms with van der Waals surface area (Å²) in [6.07, 6.45) is 1.89. The van der Waals surface area contributed by atoms with Gasteiger partial charge in [-0.3, -0.25) is 0 Å². The van der Waals surface area contributed by atoms with E-state index in [9.17, 15) is 4.21 Å². The van der Waals surface area contributed by atoms with Crippen LogP contribution in [0.3, 0.4) is 0 Å². The lowest BCUT2D eigenvalue weighted by Crippen LogP contribution is -2.17. The fraction of sp³-hybridized carbons (Fsp3) is 1.00. The molecule has 0 spiro atoms. The SMILES string of the molecule is CCCNCCCS(=O)O. The van der Waals surface area contributed by atoms with Crippen molar-refractivity contribution in [1.29, 1.82) is 0 Å². The van der Waals surface area contributed by atoms with E-state index in [1.54, 1.807) is 0 Å². The number of hydrogen-bond donors (Lipinski definition) is 2. The minimum absolute atomic E-state index is 0.386. The quantitative estimate of drug-likeness (QED) is 0.447. The number of hydrogen-bond acceptors (Lipinski definition) is 2. The standard InChI is InChI=1S/C6H15NO2S/c1-2-4-7-5-3-6-10(8)9/h7H,2-6H2,1H3,(H,8,9). The van der Waals surface area contributed by atoms with Gasteiger partial charge in [0.15, 0.2) is 11.1 Å². The first kappa shape index (κ1) is 10.1. The summed E-state index contributed by atoms with van der Waals surface area (Å²) in [6, 6.07) is 0. The lowest BCUT2D eigenvalue weighted by Gasteiger charge is -1.99. The Morgan fingerprint density at radius 2 is 2.20 bits per heavy atom. The molecule has 0 radical (unpaired) electrons. The van der Waals surface area contributed by atoms with Gasteiger partial charge < -0.3 is 9.87 Å². The molecule has 0 saturated heterocycles. The van der Waals surface area contributed by atoms with Crippen LogP contribution in [0.5, 0.6) is 0 Å². The molecule has 0 saturated carbocycles. The molecule has 0 amide bonds. The van der Waals surface area contributed by atoms with Gasteiger partial charge in [0.2, 0.25) is 0 Å². The van der Waals surface area contributed by atoms with Crippen molar-refractivity contribution >= 4 is 11.1 Å². The van der Waals surface area contributed by atoms with Crippen LogP contribution in [-0.2, 0) is 11.1 Å². The molecule has 0 aliphatic rings. The van der Waals surface area contributed by atoms with Gasteiger partial charge in [-0.15, -0.1) is 0 Å². The molecule has 0 rings (SSSR count). The zero-order chi connectivity index (χ0) is 7.82. The van der Waals surface area contributed by atoms with Crippen LogP contribution < -0.4 is 5.32 Å². The lowest BCUT2D eigenvalue weighted by molar-refractivity contribution is 0.558. The van der Waals surface area contributed by atoms with Crippen molar-refractivity contribution in [2.24, 2.45) is 0 Å². The maximum atomic E-state index is 10.1. The maximum absolute atomic E-state index is 10.1. The first-order chi connectivity index (χ1) is 4.77. The number of nitrogens with one attached hydrogen (secondary N) is 1. The Hall–Kier alpha value is 0.0700. The minimum Gasteiger partial charge on any atom is -0.317 e. The van der Waals surface area contributed by atoms with E-state index in [1.807, 2.05) is 0 Å². The van der Waals surface area contributed by atoms with E-state index in [2.05, 4.69) is 12.2 Å². The van der Waals surface area contributed by atoms with E-state index in [-0.39, 0.29) is 0 Å². The van der Waals surface area contributed by atoms with E-state index in [0.29, 0.717) is 5.75 Å². The summed E-state index contributed by atoms with van der Waals surface area (Å²) in [5.41, 5.74) is 0. The van der Waals surface area contributed by atoms with E-state index >= 15 is 0 Å². The van der Waals surface area contributed by atoms with Gasteiger partial charge in [0.1, 0.15) is 0 Å². The summed E-state index contributed by atoms with van der Waals surface area (Å²) >= 11 is -1.61. The zero-order valence-electron chi connectivity index (χ0n) is 6.30. The fourth-order valence-corrected chi connectivity index (χ4v) is 1.01. The summed E-state index contributed by atoms with van der Waals surface area (Å²) in [5, 5.41) is 3.14. The molecular weight excluding hydrogens is 150 g/mol. The molecule has 0 aromatic carbocycles. The monoisotopic (exact) mass is 165 g/mol. The third-order valence-corrected chi connectivity index (χ3v) is 1.74. The van der Waals surface area contributed by atoms with Gasteiger partial charge in [0.05, 0.1) is 5.75 Å². The second-order valence-corrected chi connectivity index (χ2v) is 3.18. The predicted octanol–water partition coefficient (Wildman–Crippen LogP) is 0.598. The molecule has 0 aromatic rings. The van der Waals surface area contributed by atoms with Gasteiger partial charge in [-0.2, -0.15) is 0 Å². The maximum Gasteiger partial charge on any atom is 0.152 e. The van der Waals surface area contributed by atoms with Crippen LogP contribution in [0, 0.1) is 0 Å². The molecule has 4 heteroatoms. The predicted molar refractivity (Wildman–Crippen MR) is 43.4 cm³/mol.